The molecule has 0 fully saturated rings. The second kappa shape index (κ2) is 26.6. The summed E-state index contributed by atoms with van der Waals surface area (Å²) in [6.45, 7) is 8.52. The zero-order chi connectivity index (χ0) is 57.5. The fourth-order valence-electron chi connectivity index (χ4n) is 10.5. The fourth-order valence-corrected chi connectivity index (χ4v) is 10.5. The number of aryl methyl sites for hydroxylation is 4. The largest absolute Gasteiger partial charge is 0.265 e. The van der Waals surface area contributed by atoms with Crippen LogP contribution in [0.5, 0.6) is 0 Å². The van der Waals surface area contributed by atoms with Crippen LogP contribution in [-0.2, 0) is 0 Å². The minimum atomic E-state index is 1.00. The van der Waals surface area contributed by atoms with E-state index in [-0.39, 0.29) is 0 Å². The molecule has 10 aromatic carbocycles. The predicted octanol–water partition coefficient (Wildman–Crippen LogP) is 20.0. The topological polar surface area (TPSA) is 77.3 Å². The van der Waals surface area contributed by atoms with Crippen LogP contribution in [-0.4, -0.2) is 29.9 Å². The van der Waals surface area contributed by atoms with Gasteiger partial charge in [0.05, 0.1) is 0 Å². The third-order valence-electron chi connectivity index (χ3n) is 14.5. The number of hydrogen-bond donors (Lipinski definition) is 0. The van der Waals surface area contributed by atoms with Crippen molar-refractivity contribution in [3.8, 4) is 89.0 Å². The normalized spacial score (nSPS) is 10.6. The molecule has 0 saturated heterocycles. The van der Waals surface area contributed by atoms with Crippen molar-refractivity contribution in [2.24, 2.45) is 0 Å². The first-order valence-corrected chi connectivity index (χ1v) is 28.1. The maximum atomic E-state index is 4.07. The predicted molar refractivity (Wildman–Crippen MR) is 350 cm³/mol. The molecule has 14 aromatic rings. The van der Waals surface area contributed by atoms with E-state index in [0.29, 0.717) is 0 Å². The van der Waals surface area contributed by atoms with Crippen LogP contribution in [0.2, 0.25) is 0 Å². The number of nitrogens with zero attached hydrogens (tertiary/aromatic N) is 6. The Balaban J connectivity index is 0.000000117. The molecule has 4 heterocycles. The molecule has 4 aromatic heterocycles. The summed E-state index contributed by atoms with van der Waals surface area (Å²) in [5.74, 6) is 0. The first-order chi connectivity index (χ1) is 41.3. The van der Waals surface area contributed by atoms with Gasteiger partial charge >= 0.3 is 0 Å². The van der Waals surface area contributed by atoms with Gasteiger partial charge in [0.25, 0.3) is 0 Å². The lowest BCUT2D eigenvalue weighted by molar-refractivity contribution is 1.17. The molecule has 0 aliphatic heterocycles. The number of benzene rings is 10. The molecule has 0 unspecified atom stereocenters. The van der Waals surface area contributed by atoms with Crippen molar-refractivity contribution >= 4 is 21.5 Å². The lowest BCUT2D eigenvalue weighted by atomic mass is 9.93. The lowest BCUT2D eigenvalue weighted by Crippen LogP contribution is -1.87. The number of pyridine rings is 2. The zero-order valence-corrected chi connectivity index (χ0v) is 47.6. The molecule has 6 nitrogen and oxygen atoms in total. The molecule has 0 saturated carbocycles. The Bertz CT molecular complexity index is 4190. The summed E-state index contributed by atoms with van der Waals surface area (Å²) < 4.78 is 0. The lowest BCUT2D eigenvalue weighted by Gasteiger charge is -2.11. The van der Waals surface area contributed by atoms with Crippen LogP contribution >= 0.6 is 0 Å². The molecule has 0 atom stereocenters. The van der Waals surface area contributed by atoms with Gasteiger partial charge in [-0.3, -0.25) is 9.97 Å². The summed E-state index contributed by atoms with van der Waals surface area (Å²) in [5, 5.41) is 5.16. The molecule has 0 N–H and O–H groups in total. The highest BCUT2D eigenvalue weighted by Crippen LogP contribution is 2.35. The van der Waals surface area contributed by atoms with E-state index in [1.54, 1.807) is 0 Å². The molecule has 0 bridgehead atoms. The van der Waals surface area contributed by atoms with Crippen LogP contribution in [0.25, 0.3) is 111 Å². The number of fused-ring (bicyclic) bond motifs is 2. The minimum absolute atomic E-state index is 1.00. The Labute approximate surface area is 492 Å². The number of aromatic nitrogens is 6. The smallest absolute Gasteiger partial charge is 0.115 e. The van der Waals surface area contributed by atoms with E-state index in [2.05, 4.69) is 276 Å². The highest BCUT2D eigenvalue weighted by atomic mass is 14.8. The maximum absolute atomic E-state index is 4.07. The summed E-state index contributed by atoms with van der Waals surface area (Å²) >= 11 is 0. The van der Waals surface area contributed by atoms with E-state index < -0.39 is 0 Å². The molecule has 0 amide bonds. The number of rotatable bonds is 8. The molecule has 84 heavy (non-hydrogen) atoms. The Morgan fingerprint density at radius 3 is 1.01 bits per heavy atom. The van der Waals surface area contributed by atoms with Crippen LogP contribution in [0, 0.1) is 27.7 Å². The molecule has 6 heteroatoms. The van der Waals surface area contributed by atoms with Gasteiger partial charge in [0.1, 0.15) is 12.7 Å². The molecule has 404 valence electrons. The molecule has 0 spiro atoms. The van der Waals surface area contributed by atoms with Crippen molar-refractivity contribution in [3.63, 3.8) is 0 Å². The van der Waals surface area contributed by atoms with Crippen LogP contribution in [0.15, 0.2) is 305 Å². The highest BCUT2D eigenvalue weighted by Gasteiger charge is 2.10. The van der Waals surface area contributed by atoms with Gasteiger partial charge < -0.3 is 0 Å². The van der Waals surface area contributed by atoms with Crippen molar-refractivity contribution in [3.05, 3.63) is 327 Å². The van der Waals surface area contributed by atoms with Crippen LogP contribution in [0.1, 0.15) is 22.3 Å². The molecule has 0 aliphatic carbocycles. The molecule has 14 rings (SSSR count). The SMILES string of the molecule is Cc1cc(-c2ccccc2)cc(-c2ccc3ccccc3c2)c1.Cc1cc(-c2ccccc2)cc(-c2cccc3ccccc23)c1.Cc1cc(-c2ccncc2)cc(-c2ccncc2)c1.Cc1cc(-c2cncnc2)cc(-c2cncnc2)c1. The summed E-state index contributed by atoms with van der Waals surface area (Å²) in [5.41, 5.74) is 24.2. The molecular weight excluding hydrogens is 1020 g/mol. The first-order valence-electron chi connectivity index (χ1n) is 28.1. The summed E-state index contributed by atoms with van der Waals surface area (Å²) in [4.78, 5) is 24.4. The second-order valence-corrected chi connectivity index (χ2v) is 20.9. The first kappa shape index (κ1) is 55.1. The Morgan fingerprint density at radius 1 is 0.202 bits per heavy atom. The van der Waals surface area contributed by atoms with Crippen LogP contribution in [0.4, 0.5) is 0 Å². The fraction of sp³-hybridized carbons (Fsp3) is 0.0513. The van der Waals surface area contributed by atoms with Crippen molar-refractivity contribution in [2.45, 2.75) is 27.7 Å². The third-order valence-corrected chi connectivity index (χ3v) is 14.5. The van der Waals surface area contributed by atoms with E-state index in [1.807, 2.05) is 73.8 Å². The van der Waals surface area contributed by atoms with Gasteiger partial charge in [-0.1, -0.05) is 188 Å². The van der Waals surface area contributed by atoms with Crippen LogP contribution < -0.4 is 0 Å². The number of hydrogen-bond acceptors (Lipinski definition) is 6. The summed E-state index contributed by atoms with van der Waals surface area (Å²) in [6.07, 6.45) is 17.6. The average Bonchev–Trinajstić information content (AvgIpc) is 3.73. The molecule has 0 radical (unpaired) electrons. The maximum Gasteiger partial charge on any atom is 0.115 e. The van der Waals surface area contributed by atoms with Crippen molar-refractivity contribution in [1.82, 2.24) is 29.9 Å². The van der Waals surface area contributed by atoms with Gasteiger partial charge in [-0.2, -0.15) is 0 Å². The monoisotopic (exact) mass is 1080 g/mol. The van der Waals surface area contributed by atoms with Gasteiger partial charge in [0.2, 0.25) is 0 Å². The van der Waals surface area contributed by atoms with Gasteiger partial charge in [0, 0.05) is 60.7 Å². The van der Waals surface area contributed by atoms with Gasteiger partial charge in [-0.05, 0) is 204 Å². The average molecular weight is 1080 g/mol. The van der Waals surface area contributed by atoms with Gasteiger partial charge in [-0.15, -0.1) is 0 Å². The van der Waals surface area contributed by atoms with E-state index in [0.717, 1.165) is 22.3 Å². The van der Waals surface area contributed by atoms with Crippen molar-refractivity contribution < 1.29 is 0 Å². The van der Waals surface area contributed by atoms with Gasteiger partial charge in [-0.25, -0.2) is 19.9 Å². The van der Waals surface area contributed by atoms with E-state index >= 15 is 0 Å². The van der Waals surface area contributed by atoms with E-state index in [1.165, 1.54) is 123 Å². The van der Waals surface area contributed by atoms with Crippen molar-refractivity contribution in [1.29, 1.82) is 0 Å². The van der Waals surface area contributed by atoms with Gasteiger partial charge in [0.15, 0.2) is 0 Å². The Kier molecular flexibility index (Phi) is 17.5. The standard InChI is InChI=1S/2C23H18.C17H14N2.C15H12N4/c1-17-14-20(18-8-3-2-4-9-18)16-21(15-17)23-13-7-11-19-10-5-6-12-22(19)23;1-17-13-22(18-7-3-2-4-8-18)16-23(14-17)21-12-11-19-9-5-6-10-20(19)15-21;1-13-10-16(14-2-6-18-7-3-14)12-17(11-13)15-4-8-19-9-5-15;1-11-2-12(14-5-16-9-17-6-14)4-13(3-11)15-7-18-10-19-8-15/h2*2-16H,1H3;2-12H,1H3;2-10H,1H3. The minimum Gasteiger partial charge on any atom is -0.265 e. The quantitative estimate of drug-likeness (QED) is 0.151. The molecular formula is C78H62N6. The van der Waals surface area contributed by atoms with E-state index in [9.17, 15) is 0 Å². The van der Waals surface area contributed by atoms with E-state index in [4.69, 9.17) is 0 Å². The Hall–Kier alpha value is -10.8. The van der Waals surface area contributed by atoms with Crippen molar-refractivity contribution in [2.75, 3.05) is 0 Å². The highest BCUT2D eigenvalue weighted by molar-refractivity contribution is 5.97. The summed E-state index contributed by atoms with van der Waals surface area (Å²) in [7, 11) is 0. The van der Waals surface area contributed by atoms with Crippen LogP contribution in [0.3, 0.4) is 0 Å². The zero-order valence-electron chi connectivity index (χ0n) is 47.6. The second-order valence-electron chi connectivity index (χ2n) is 20.9. The Morgan fingerprint density at radius 2 is 0.548 bits per heavy atom. The third kappa shape index (κ3) is 14.0. The molecule has 0 aliphatic rings. The summed E-state index contributed by atoms with van der Waals surface area (Å²) in [6, 6.07) is 86.1.